The first-order chi connectivity index (χ1) is 15.3. The summed E-state index contributed by atoms with van der Waals surface area (Å²) in [7, 11) is -3.89. The number of carbonyl (C=O) groups excluding carboxylic acids is 1. The summed E-state index contributed by atoms with van der Waals surface area (Å²) >= 11 is 0. The largest absolute Gasteiger partial charge is 0.308 e. The quantitative estimate of drug-likeness (QED) is 0.559. The lowest BCUT2D eigenvalue weighted by molar-refractivity contribution is -0.119. The molecule has 0 radical (unpaired) electrons. The summed E-state index contributed by atoms with van der Waals surface area (Å²) in [5.74, 6) is -0.215. The molecule has 0 saturated heterocycles. The van der Waals surface area contributed by atoms with Gasteiger partial charge in [0.25, 0.3) is 0 Å². The number of fused-ring (bicyclic) bond motifs is 1. The van der Waals surface area contributed by atoms with Gasteiger partial charge in [0, 0.05) is 18.3 Å². The summed E-state index contributed by atoms with van der Waals surface area (Å²) in [6, 6.07) is 22.6. The molecule has 0 fully saturated rings. The molecule has 1 amide bonds. The second kappa shape index (κ2) is 8.88. The maximum Gasteiger partial charge on any atom is 0.244 e. The number of sulfonamides is 1. The van der Waals surface area contributed by atoms with Gasteiger partial charge in [0.1, 0.15) is 0 Å². The summed E-state index contributed by atoms with van der Waals surface area (Å²) < 4.78 is 28.8. The number of para-hydroxylation sites is 1. The Bertz CT molecular complexity index is 1240. The molecule has 4 rings (SSSR count). The second-order valence-electron chi connectivity index (χ2n) is 8.47. The zero-order valence-electron chi connectivity index (χ0n) is 18.7. The fourth-order valence-corrected chi connectivity index (χ4v) is 6.00. The number of hydrogen-bond donors (Lipinski definition) is 0. The molecule has 3 aromatic rings. The van der Waals surface area contributed by atoms with Crippen molar-refractivity contribution in [1.29, 1.82) is 0 Å². The van der Waals surface area contributed by atoms with Gasteiger partial charge in [-0.1, -0.05) is 60.7 Å². The molecular formula is C26H28N2O3S. The Morgan fingerprint density at radius 3 is 2.44 bits per heavy atom. The van der Waals surface area contributed by atoms with Crippen molar-refractivity contribution in [3.05, 3.63) is 95.1 Å². The van der Waals surface area contributed by atoms with E-state index >= 15 is 0 Å². The Morgan fingerprint density at radius 2 is 1.69 bits per heavy atom. The molecular weight excluding hydrogens is 420 g/mol. The van der Waals surface area contributed by atoms with E-state index in [1.54, 1.807) is 17.9 Å². The number of aryl methyl sites for hydroxylation is 2. The van der Waals surface area contributed by atoms with Gasteiger partial charge in [0.2, 0.25) is 15.9 Å². The van der Waals surface area contributed by atoms with Crippen LogP contribution in [-0.4, -0.2) is 31.2 Å². The number of benzene rings is 3. The van der Waals surface area contributed by atoms with E-state index < -0.39 is 10.0 Å². The summed E-state index contributed by atoms with van der Waals surface area (Å²) in [5, 5.41) is 0. The molecule has 0 bridgehead atoms. The number of anilines is 1. The molecule has 1 heterocycles. The lowest BCUT2D eigenvalue weighted by Crippen LogP contribution is -2.45. The van der Waals surface area contributed by atoms with E-state index in [0.717, 1.165) is 28.8 Å². The third kappa shape index (κ3) is 4.33. The van der Waals surface area contributed by atoms with Crippen LogP contribution in [0.25, 0.3) is 0 Å². The Morgan fingerprint density at radius 1 is 1.00 bits per heavy atom. The SMILES string of the molecule is Cc1ccc(C)c(S(=O)(=O)N(CC(=O)N2c3ccccc3C[C@H]2C)Cc2ccccc2)c1. The van der Waals surface area contributed by atoms with E-state index in [2.05, 4.69) is 0 Å². The van der Waals surface area contributed by atoms with E-state index in [9.17, 15) is 13.2 Å². The highest BCUT2D eigenvalue weighted by Gasteiger charge is 2.35. The van der Waals surface area contributed by atoms with Crippen molar-refractivity contribution in [2.75, 3.05) is 11.4 Å². The lowest BCUT2D eigenvalue weighted by Gasteiger charge is -2.28. The van der Waals surface area contributed by atoms with Gasteiger partial charge in [-0.2, -0.15) is 4.31 Å². The highest BCUT2D eigenvalue weighted by molar-refractivity contribution is 7.89. The van der Waals surface area contributed by atoms with Gasteiger partial charge in [-0.25, -0.2) is 8.42 Å². The molecule has 3 aromatic carbocycles. The average Bonchev–Trinajstić information content (AvgIpc) is 3.11. The van der Waals surface area contributed by atoms with Crippen LogP contribution < -0.4 is 4.90 Å². The maximum absolute atomic E-state index is 13.7. The molecule has 1 aliphatic rings. The first-order valence-electron chi connectivity index (χ1n) is 10.8. The third-order valence-corrected chi connectivity index (χ3v) is 7.88. The van der Waals surface area contributed by atoms with E-state index in [0.29, 0.717) is 5.56 Å². The number of hydrogen-bond acceptors (Lipinski definition) is 3. The van der Waals surface area contributed by atoms with Crippen molar-refractivity contribution in [1.82, 2.24) is 4.31 Å². The van der Waals surface area contributed by atoms with Crippen molar-refractivity contribution in [2.24, 2.45) is 0 Å². The van der Waals surface area contributed by atoms with Gasteiger partial charge in [0.15, 0.2) is 0 Å². The topological polar surface area (TPSA) is 57.7 Å². The van der Waals surface area contributed by atoms with Crippen molar-refractivity contribution in [3.63, 3.8) is 0 Å². The molecule has 0 aliphatic carbocycles. The van der Waals surface area contributed by atoms with Crippen LogP contribution in [0.4, 0.5) is 5.69 Å². The summed E-state index contributed by atoms with van der Waals surface area (Å²) in [6.07, 6.45) is 0.768. The summed E-state index contributed by atoms with van der Waals surface area (Å²) in [5.41, 5.74) is 4.35. The van der Waals surface area contributed by atoms with Crippen LogP contribution in [0.3, 0.4) is 0 Å². The van der Waals surface area contributed by atoms with Crippen LogP contribution in [0.2, 0.25) is 0 Å². The fourth-order valence-electron chi connectivity index (χ4n) is 4.31. The zero-order chi connectivity index (χ0) is 22.9. The maximum atomic E-state index is 13.7. The van der Waals surface area contributed by atoms with Gasteiger partial charge >= 0.3 is 0 Å². The third-order valence-electron chi connectivity index (χ3n) is 5.95. The Kier molecular flexibility index (Phi) is 6.17. The van der Waals surface area contributed by atoms with Gasteiger partial charge in [-0.15, -0.1) is 0 Å². The minimum atomic E-state index is -3.89. The molecule has 1 aliphatic heterocycles. The molecule has 32 heavy (non-hydrogen) atoms. The van der Waals surface area contributed by atoms with Crippen LogP contribution in [0.1, 0.15) is 29.2 Å². The van der Waals surface area contributed by atoms with Crippen LogP contribution >= 0.6 is 0 Å². The number of nitrogens with zero attached hydrogens (tertiary/aromatic N) is 2. The van der Waals surface area contributed by atoms with E-state index in [4.69, 9.17) is 0 Å². The van der Waals surface area contributed by atoms with Crippen LogP contribution in [0, 0.1) is 13.8 Å². The van der Waals surface area contributed by atoms with Crippen molar-refractivity contribution in [2.45, 2.75) is 44.7 Å². The standard InChI is InChI=1S/C26H28N2O3S/c1-19-13-14-20(2)25(15-19)32(30,31)27(17-22-9-5-4-6-10-22)18-26(29)28-21(3)16-23-11-7-8-12-24(23)28/h4-15,21H,16-18H2,1-3H3/t21-/m1/s1. The summed E-state index contributed by atoms with van der Waals surface area (Å²) in [4.78, 5) is 15.5. The lowest BCUT2D eigenvalue weighted by atomic mass is 10.1. The first kappa shape index (κ1) is 22.2. The zero-order valence-corrected chi connectivity index (χ0v) is 19.5. The number of rotatable bonds is 6. The van der Waals surface area contributed by atoms with Crippen LogP contribution in [0.15, 0.2) is 77.7 Å². The van der Waals surface area contributed by atoms with Gasteiger partial charge in [-0.05, 0) is 61.6 Å². The molecule has 5 nitrogen and oxygen atoms in total. The second-order valence-corrected chi connectivity index (χ2v) is 10.4. The van der Waals surface area contributed by atoms with Crippen LogP contribution in [0.5, 0.6) is 0 Å². The van der Waals surface area contributed by atoms with E-state index in [1.165, 1.54) is 4.31 Å². The van der Waals surface area contributed by atoms with E-state index in [-0.39, 0.29) is 29.9 Å². The molecule has 0 N–H and O–H groups in total. The average molecular weight is 449 g/mol. The Balaban J connectivity index is 1.70. The van der Waals surface area contributed by atoms with Gasteiger partial charge < -0.3 is 4.90 Å². The first-order valence-corrected chi connectivity index (χ1v) is 12.2. The minimum absolute atomic E-state index is 0.0121. The van der Waals surface area contributed by atoms with Crippen LogP contribution in [-0.2, 0) is 27.8 Å². The Hall–Kier alpha value is -2.96. The molecule has 166 valence electrons. The molecule has 6 heteroatoms. The molecule has 1 atom stereocenters. The highest BCUT2D eigenvalue weighted by atomic mass is 32.2. The number of amides is 1. The highest BCUT2D eigenvalue weighted by Crippen LogP contribution is 2.32. The van der Waals surface area contributed by atoms with Crippen molar-refractivity contribution < 1.29 is 13.2 Å². The smallest absolute Gasteiger partial charge is 0.244 e. The Labute approximate surface area is 190 Å². The monoisotopic (exact) mass is 448 g/mol. The fraction of sp³-hybridized carbons (Fsp3) is 0.269. The van der Waals surface area contributed by atoms with Crippen molar-refractivity contribution in [3.8, 4) is 0 Å². The molecule has 0 spiro atoms. The molecule has 0 unspecified atom stereocenters. The predicted octanol–water partition coefficient (Wildman–Crippen LogP) is 4.47. The van der Waals surface area contributed by atoms with Gasteiger partial charge in [-0.3, -0.25) is 4.79 Å². The predicted molar refractivity (Wildman–Crippen MR) is 127 cm³/mol. The number of carbonyl (C=O) groups is 1. The van der Waals surface area contributed by atoms with Gasteiger partial charge in [0.05, 0.1) is 11.4 Å². The minimum Gasteiger partial charge on any atom is -0.308 e. The van der Waals surface area contributed by atoms with E-state index in [1.807, 2.05) is 80.6 Å². The van der Waals surface area contributed by atoms with Crippen molar-refractivity contribution >= 4 is 21.6 Å². The molecule has 0 saturated carbocycles. The summed E-state index contributed by atoms with van der Waals surface area (Å²) in [6.45, 7) is 5.57. The normalized spacial score (nSPS) is 15.8. The molecule has 0 aromatic heterocycles.